The lowest BCUT2D eigenvalue weighted by molar-refractivity contribution is 0.127. The average molecular weight is 260 g/mol. The molecule has 1 aliphatic rings. The van der Waals surface area contributed by atoms with E-state index >= 15 is 0 Å². The first-order chi connectivity index (χ1) is 9.00. The molecule has 0 amide bonds. The van der Waals surface area contributed by atoms with E-state index in [9.17, 15) is 0 Å². The van der Waals surface area contributed by atoms with Crippen LogP contribution in [0.25, 0.3) is 0 Å². The molecular formula is C18H28O. The van der Waals surface area contributed by atoms with E-state index in [1.54, 1.807) is 0 Å². The Kier molecular flexibility index (Phi) is 4.54. The van der Waals surface area contributed by atoms with Crippen molar-refractivity contribution in [3.05, 3.63) is 29.8 Å². The number of benzene rings is 1. The van der Waals surface area contributed by atoms with Gasteiger partial charge in [-0.05, 0) is 48.6 Å². The van der Waals surface area contributed by atoms with Gasteiger partial charge in [-0.15, -0.1) is 0 Å². The van der Waals surface area contributed by atoms with Crippen LogP contribution in [0.2, 0.25) is 0 Å². The summed E-state index contributed by atoms with van der Waals surface area (Å²) in [6.07, 6.45) is 6.85. The van der Waals surface area contributed by atoms with Crippen molar-refractivity contribution in [2.24, 2.45) is 5.92 Å². The zero-order valence-corrected chi connectivity index (χ0v) is 12.9. The van der Waals surface area contributed by atoms with Crippen molar-refractivity contribution >= 4 is 0 Å². The molecule has 1 heteroatoms. The Labute approximate surface area is 118 Å². The van der Waals surface area contributed by atoms with Crippen LogP contribution in [0.5, 0.6) is 5.75 Å². The first kappa shape index (κ1) is 14.4. The van der Waals surface area contributed by atoms with Crippen LogP contribution in [-0.4, -0.2) is 6.10 Å². The summed E-state index contributed by atoms with van der Waals surface area (Å²) in [6, 6.07) is 8.53. The topological polar surface area (TPSA) is 9.23 Å². The second kappa shape index (κ2) is 5.98. The first-order valence-corrected chi connectivity index (χ1v) is 7.77. The number of rotatable bonds is 3. The van der Waals surface area contributed by atoms with E-state index in [1.807, 2.05) is 0 Å². The number of hydrogen-bond donors (Lipinski definition) is 0. The van der Waals surface area contributed by atoms with Crippen molar-refractivity contribution in [2.45, 2.75) is 71.3 Å². The van der Waals surface area contributed by atoms with Gasteiger partial charge in [0.1, 0.15) is 5.75 Å². The molecule has 1 aromatic rings. The molecule has 1 fully saturated rings. The van der Waals surface area contributed by atoms with E-state index in [2.05, 4.69) is 52.0 Å². The van der Waals surface area contributed by atoms with Crippen LogP contribution in [-0.2, 0) is 5.41 Å². The quantitative estimate of drug-likeness (QED) is 0.713. The van der Waals surface area contributed by atoms with Gasteiger partial charge in [-0.1, -0.05) is 52.3 Å². The molecule has 0 unspecified atom stereocenters. The highest BCUT2D eigenvalue weighted by molar-refractivity contribution is 5.38. The molecular weight excluding hydrogens is 232 g/mol. The third kappa shape index (κ3) is 3.75. The zero-order chi connectivity index (χ0) is 13.9. The van der Waals surface area contributed by atoms with Crippen LogP contribution in [0, 0.1) is 5.92 Å². The molecule has 1 aromatic carbocycles. The number of hydrogen-bond acceptors (Lipinski definition) is 1. The van der Waals surface area contributed by atoms with Crippen LogP contribution in [0.15, 0.2) is 24.3 Å². The summed E-state index contributed by atoms with van der Waals surface area (Å²) >= 11 is 0. The molecule has 0 heterocycles. The molecule has 0 aliphatic heterocycles. The summed E-state index contributed by atoms with van der Waals surface area (Å²) in [6.45, 7) is 9.07. The van der Waals surface area contributed by atoms with Gasteiger partial charge < -0.3 is 4.74 Å². The summed E-state index contributed by atoms with van der Waals surface area (Å²) in [5.41, 5.74) is 1.48. The van der Waals surface area contributed by atoms with Crippen molar-refractivity contribution in [1.82, 2.24) is 0 Å². The Bertz CT molecular complexity index is 394. The standard InChI is InChI=1S/C18H28O/c1-5-14-10-12-15(13-11-14)19-17-9-7-6-8-16(17)18(2,3)4/h6-9,14-15H,5,10-13H2,1-4H3. The van der Waals surface area contributed by atoms with Crippen LogP contribution in [0.4, 0.5) is 0 Å². The minimum Gasteiger partial charge on any atom is -0.490 e. The summed E-state index contributed by atoms with van der Waals surface area (Å²) in [5, 5.41) is 0. The van der Waals surface area contributed by atoms with E-state index in [0.717, 1.165) is 11.7 Å². The molecule has 106 valence electrons. The molecule has 19 heavy (non-hydrogen) atoms. The van der Waals surface area contributed by atoms with Gasteiger partial charge in [0.25, 0.3) is 0 Å². The lowest BCUT2D eigenvalue weighted by Gasteiger charge is -2.30. The molecule has 2 rings (SSSR count). The van der Waals surface area contributed by atoms with Crippen molar-refractivity contribution in [2.75, 3.05) is 0 Å². The van der Waals surface area contributed by atoms with Gasteiger partial charge in [0.2, 0.25) is 0 Å². The Morgan fingerprint density at radius 2 is 1.68 bits per heavy atom. The summed E-state index contributed by atoms with van der Waals surface area (Å²) < 4.78 is 6.31. The molecule has 1 aliphatic carbocycles. The molecule has 1 nitrogen and oxygen atoms in total. The molecule has 0 radical (unpaired) electrons. The van der Waals surface area contributed by atoms with Crippen molar-refractivity contribution in [1.29, 1.82) is 0 Å². The van der Waals surface area contributed by atoms with Gasteiger partial charge in [0.15, 0.2) is 0 Å². The Hall–Kier alpha value is -0.980. The minimum atomic E-state index is 0.150. The molecule has 0 spiro atoms. The highest BCUT2D eigenvalue weighted by Crippen LogP contribution is 2.34. The van der Waals surface area contributed by atoms with Gasteiger partial charge in [0.05, 0.1) is 6.10 Å². The smallest absolute Gasteiger partial charge is 0.123 e. The van der Waals surface area contributed by atoms with E-state index in [4.69, 9.17) is 4.74 Å². The molecule has 0 saturated heterocycles. The summed E-state index contributed by atoms with van der Waals surface area (Å²) in [5.74, 6) is 2.02. The maximum Gasteiger partial charge on any atom is 0.123 e. The monoisotopic (exact) mass is 260 g/mol. The van der Waals surface area contributed by atoms with Crippen molar-refractivity contribution in [3.63, 3.8) is 0 Å². The SMILES string of the molecule is CCC1CCC(Oc2ccccc2C(C)(C)C)CC1. The third-order valence-corrected chi connectivity index (χ3v) is 4.36. The molecule has 0 aromatic heterocycles. The molecule has 1 saturated carbocycles. The maximum atomic E-state index is 6.31. The highest BCUT2D eigenvalue weighted by atomic mass is 16.5. The summed E-state index contributed by atoms with van der Waals surface area (Å²) in [7, 11) is 0. The van der Waals surface area contributed by atoms with Gasteiger partial charge in [0, 0.05) is 0 Å². The van der Waals surface area contributed by atoms with E-state index in [-0.39, 0.29) is 5.41 Å². The van der Waals surface area contributed by atoms with Gasteiger partial charge >= 0.3 is 0 Å². The lowest BCUT2D eigenvalue weighted by atomic mass is 9.85. The second-order valence-corrected chi connectivity index (χ2v) is 6.91. The largest absolute Gasteiger partial charge is 0.490 e. The zero-order valence-electron chi connectivity index (χ0n) is 12.9. The van der Waals surface area contributed by atoms with Crippen LogP contribution in [0.3, 0.4) is 0 Å². The molecule has 0 N–H and O–H groups in total. The molecule has 0 atom stereocenters. The fourth-order valence-electron chi connectivity index (χ4n) is 3.03. The van der Waals surface area contributed by atoms with E-state index < -0.39 is 0 Å². The van der Waals surface area contributed by atoms with Crippen LogP contribution < -0.4 is 4.74 Å². The third-order valence-electron chi connectivity index (χ3n) is 4.36. The second-order valence-electron chi connectivity index (χ2n) is 6.91. The van der Waals surface area contributed by atoms with E-state index in [1.165, 1.54) is 37.7 Å². The Morgan fingerprint density at radius 1 is 1.05 bits per heavy atom. The van der Waals surface area contributed by atoms with Crippen molar-refractivity contribution < 1.29 is 4.74 Å². The fourth-order valence-corrected chi connectivity index (χ4v) is 3.03. The van der Waals surface area contributed by atoms with Crippen LogP contribution in [0.1, 0.15) is 65.4 Å². The van der Waals surface area contributed by atoms with Gasteiger partial charge in [-0.3, -0.25) is 0 Å². The van der Waals surface area contributed by atoms with Gasteiger partial charge in [-0.25, -0.2) is 0 Å². The minimum absolute atomic E-state index is 0.150. The highest BCUT2D eigenvalue weighted by Gasteiger charge is 2.24. The predicted octanol–water partition coefficient (Wildman–Crippen LogP) is 5.33. The predicted molar refractivity (Wildman–Crippen MR) is 81.8 cm³/mol. The molecule has 0 bridgehead atoms. The van der Waals surface area contributed by atoms with Crippen molar-refractivity contribution in [3.8, 4) is 5.75 Å². The van der Waals surface area contributed by atoms with Crippen LogP contribution >= 0.6 is 0 Å². The Balaban J connectivity index is 2.04. The maximum absolute atomic E-state index is 6.31. The average Bonchev–Trinajstić information content (AvgIpc) is 2.39. The van der Waals surface area contributed by atoms with Gasteiger partial charge in [-0.2, -0.15) is 0 Å². The fraction of sp³-hybridized carbons (Fsp3) is 0.667. The number of para-hydroxylation sites is 1. The number of ether oxygens (including phenoxy) is 1. The van der Waals surface area contributed by atoms with E-state index in [0.29, 0.717) is 6.10 Å². The summed E-state index contributed by atoms with van der Waals surface area (Å²) in [4.78, 5) is 0. The lowest BCUT2D eigenvalue weighted by Crippen LogP contribution is -2.25. The first-order valence-electron chi connectivity index (χ1n) is 7.77. The normalized spacial score (nSPS) is 24.2. The Morgan fingerprint density at radius 3 is 2.26 bits per heavy atom.